The lowest BCUT2D eigenvalue weighted by Crippen LogP contribution is -2.56. The average molecular weight is 295 g/mol. The fourth-order valence-corrected chi connectivity index (χ4v) is 1.60. The first-order valence-electron chi connectivity index (χ1n) is 6.46. The molecule has 21 heavy (non-hydrogen) atoms. The van der Waals surface area contributed by atoms with Crippen LogP contribution in [0.5, 0.6) is 11.5 Å². The Balaban J connectivity index is 3.08. The van der Waals surface area contributed by atoms with Gasteiger partial charge in [0, 0.05) is 0 Å². The van der Waals surface area contributed by atoms with Gasteiger partial charge >= 0.3 is 5.97 Å². The van der Waals surface area contributed by atoms with Crippen LogP contribution in [-0.4, -0.2) is 34.7 Å². The van der Waals surface area contributed by atoms with Crippen molar-refractivity contribution in [3.63, 3.8) is 0 Å². The number of carbonyl (C=O) groups is 2. The standard InChI is InChI=1S/C15H21NO5/c1-14(2,13(19)20)15(3,4)16-12(18)10-8-9(21-5)6-7-11(10)17/h6-8,17H,1-5H3,(H,16,18)(H,19,20). The number of nitrogens with one attached hydrogen (secondary N) is 1. The fourth-order valence-electron chi connectivity index (χ4n) is 1.60. The number of carboxylic acids is 1. The topological polar surface area (TPSA) is 95.9 Å². The largest absolute Gasteiger partial charge is 0.507 e. The van der Waals surface area contributed by atoms with Gasteiger partial charge in [-0.2, -0.15) is 0 Å². The lowest BCUT2D eigenvalue weighted by Gasteiger charge is -2.38. The summed E-state index contributed by atoms with van der Waals surface area (Å²) in [4.78, 5) is 23.6. The minimum Gasteiger partial charge on any atom is -0.507 e. The Bertz CT molecular complexity index is 563. The Hall–Kier alpha value is -2.24. The van der Waals surface area contributed by atoms with Crippen LogP contribution in [0.2, 0.25) is 0 Å². The number of aliphatic carboxylic acids is 1. The summed E-state index contributed by atoms with van der Waals surface area (Å²) in [6.45, 7) is 6.30. The molecule has 0 radical (unpaired) electrons. The van der Waals surface area contributed by atoms with Crippen molar-refractivity contribution in [2.45, 2.75) is 33.2 Å². The van der Waals surface area contributed by atoms with E-state index in [0.717, 1.165) is 0 Å². The third-order valence-electron chi connectivity index (χ3n) is 3.97. The van der Waals surface area contributed by atoms with Crippen molar-refractivity contribution in [2.24, 2.45) is 5.41 Å². The first-order valence-corrected chi connectivity index (χ1v) is 6.46. The molecule has 0 aliphatic heterocycles. The molecule has 0 spiro atoms. The minimum atomic E-state index is -1.18. The summed E-state index contributed by atoms with van der Waals surface area (Å²) in [5.74, 6) is -1.36. The lowest BCUT2D eigenvalue weighted by molar-refractivity contribution is -0.150. The highest BCUT2D eigenvalue weighted by Gasteiger charge is 2.44. The highest BCUT2D eigenvalue weighted by Crippen LogP contribution is 2.32. The van der Waals surface area contributed by atoms with Crippen LogP contribution < -0.4 is 10.1 Å². The molecule has 0 atom stereocenters. The molecule has 0 fully saturated rings. The van der Waals surface area contributed by atoms with E-state index in [9.17, 15) is 19.8 Å². The zero-order chi connectivity index (χ0) is 16.4. The Morgan fingerprint density at radius 3 is 2.24 bits per heavy atom. The van der Waals surface area contributed by atoms with Gasteiger partial charge in [0.25, 0.3) is 5.91 Å². The van der Waals surface area contributed by atoms with Crippen molar-refractivity contribution in [3.8, 4) is 11.5 Å². The van der Waals surface area contributed by atoms with E-state index < -0.39 is 22.8 Å². The normalized spacial score (nSPS) is 11.9. The van der Waals surface area contributed by atoms with Crippen LogP contribution in [0.15, 0.2) is 18.2 Å². The van der Waals surface area contributed by atoms with E-state index >= 15 is 0 Å². The van der Waals surface area contributed by atoms with Crippen molar-refractivity contribution in [2.75, 3.05) is 7.11 Å². The maximum atomic E-state index is 12.3. The van der Waals surface area contributed by atoms with Crippen molar-refractivity contribution in [1.82, 2.24) is 5.32 Å². The predicted octanol–water partition coefficient (Wildman–Crippen LogP) is 2.02. The van der Waals surface area contributed by atoms with Gasteiger partial charge in [-0.1, -0.05) is 0 Å². The maximum Gasteiger partial charge on any atom is 0.311 e. The molecule has 1 aromatic carbocycles. The van der Waals surface area contributed by atoms with E-state index in [-0.39, 0.29) is 11.3 Å². The fraction of sp³-hybridized carbons (Fsp3) is 0.467. The van der Waals surface area contributed by atoms with Crippen LogP contribution in [0.4, 0.5) is 0 Å². The molecule has 1 aromatic rings. The van der Waals surface area contributed by atoms with Crippen LogP contribution in [0, 0.1) is 5.41 Å². The van der Waals surface area contributed by atoms with Crippen LogP contribution >= 0.6 is 0 Å². The Morgan fingerprint density at radius 2 is 1.76 bits per heavy atom. The lowest BCUT2D eigenvalue weighted by atomic mass is 9.74. The van der Waals surface area contributed by atoms with Gasteiger partial charge in [-0.25, -0.2) is 0 Å². The maximum absolute atomic E-state index is 12.3. The first kappa shape index (κ1) is 16.8. The first-order chi connectivity index (χ1) is 9.52. The van der Waals surface area contributed by atoms with Gasteiger partial charge in [0.05, 0.1) is 23.6 Å². The third kappa shape index (κ3) is 3.26. The zero-order valence-electron chi connectivity index (χ0n) is 12.9. The quantitative estimate of drug-likeness (QED) is 0.772. The average Bonchev–Trinajstić information content (AvgIpc) is 2.38. The van der Waals surface area contributed by atoms with Crippen molar-refractivity contribution < 1.29 is 24.5 Å². The molecule has 116 valence electrons. The molecule has 0 saturated carbocycles. The molecule has 0 heterocycles. The molecule has 0 aromatic heterocycles. The van der Waals surface area contributed by atoms with Gasteiger partial charge in [-0.15, -0.1) is 0 Å². The molecule has 1 amide bonds. The molecule has 0 aliphatic carbocycles. The number of rotatable bonds is 5. The Kier molecular flexibility index (Phi) is 4.51. The third-order valence-corrected chi connectivity index (χ3v) is 3.97. The zero-order valence-corrected chi connectivity index (χ0v) is 12.9. The summed E-state index contributed by atoms with van der Waals surface area (Å²) < 4.78 is 5.01. The van der Waals surface area contributed by atoms with Crippen molar-refractivity contribution in [3.05, 3.63) is 23.8 Å². The van der Waals surface area contributed by atoms with Crippen LogP contribution in [0.3, 0.4) is 0 Å². The van der Waals surface area contributed by atoms with E-state index in [0.29, 0.717) is 5.75 Å². The summed E-state index contributed by atoms with van der Waals surface area (Å²) >= 11 is 0. The number of carboxylic acid groups (broad SMARTS) is 1. The number of phenolic OH excluding ortho intramolecular Hbond substituents is 1. The second-order valence-electron chi connectivity index (χ2n) is 5.89. The predicted molar refractivity (Wildman–Crippen MR) is 77.6 cm³/mol. The molecular weight excluding hydrogens is 274 g/mol. The van der Waals surface area contributed by atoms with Gasteiger partial charge < -0.3 is 20.3 Å². The van der Waals surface area contributed by atoms with Crippen LogP contribution in [0.1, 0.15) is 38.1 Å². The molecular formula is C15H21NO5. The molecule has 6 nitrogen and oxygen atoms in total. The summed E-state index contributed by atoms with van der Waals surface area (Å²) in [7, 11) is 1.45. The molecule has 1 rings (SSSR count). The van der Waals surface area contributed by atoms with E-state index in [1.165, 1.54) is 39.2 Å². The van der Waals surface area contributed by atoms with Crippen LogP contribution in [-0.2, 0) is 4.79 Å². The van der Waals surface area contributed by atoms with Gasteiger partial charge in [-0.3, -0.25) is 9.59 Å². The van der Waals surface area contributed by atoms with Crippen molar-refractivity contribution in [1.29, 1.82) is 0 Å². The molecule has 3 N–H and O–H groups in total. The molecule has 0 bridgehead atoms. The summed E-state index contributed by atoms with van der Waals surface area (Å²) in [6, 6.07) is 4.27. The van der Waals surface area contributed by atoms with Crippen molar-refractivity contribution >= 4 is 11.9 Å². The van der Waals surface area contributed by atoms with Gasteiger partial charge in [0.2, 0.25) is 0 Å². The number of hydrogen-bond acceptors (Lipinski definition) is 4. The van der Waals surface area contributed by atoms with Gasteiger partial charge in [0.15, 0.2) is 0 Å². The number of phenols is 1. The smallest absolute Gasteiger partial charge is 0.311 e. The number of amides is 1. The van der Waals surface area contributed by atoms with Gasteiger partial charge in [-0.05, 0) is 45.9 Å². The summed E-state index contributed by atoms with van der Waals surface area (Å²) in [6.07, 6.45) is 0. The van der Waals surface area contributed by atoms with E-state index in [4.69, 9.17) is 4.74 Å². The number of methoxy groups -OCH3 is 1. The van der Waals surface area contributed by atoms with E-state index in [2.05, 4.69) is 5.32 Å². The number of ether oxygens (including phenoxy) is 1. The monoisotopic (exact) mass is 295 g/mol. The van der Waals surface area contributed by atoms with E-state index in [1.807, 2.05) is 0 Å². The Morgan fingerprint density at radius 1 is 1.19 bits per heavy atom. The number of benzene rings is 1. The molecule has 6 heteroatoms. The van der Waals surface area contributed by atoms with Gasteiger partial charge in [0.1, 0.15) is 11.5 Å². The van der Waals surface area contributed by atoms with Crippen LogP contribution in [0.25, 0.3) is 0 Å². The summed E-state index contributed by atoms with van der Waals surface area (Å²) in [5.41, 5.74) is -2.17. The number of hydrogen-bond donors (Lipinski definition) is 3. The SMILES string of the molecule is COc1ccc(O)c(C(=O)NC(C)(C)C(C)(C)C(=O)O)c1. The second-order valence-corrected chi connectivity index (χ2v) is 5.89. The highest BCUT2D eigenvalue weighted by molar-refractivity contribution is 5.98. The Labute approximate surface area is 123 Å². The number of aromatic hydroxyl groups is 1. The highest BCUT2D eigenvalue weighted by atomic mass is 16.5. The summed E-state index contributed by atoms with van der Waals surface area (Å²) in [5, 5.41) is 21.7. The number of carbonyl (C=O) groups excluding carboxylic acids is 1. The molecule has 0 aliphatic rings. The minimum absolute atomic E-state index is 0.0311. The second kappa shape index (κ2) is 5.63. The molecule has 0 unspecified atom stereocenters. The molecule has 0 saturated heterocycles. The van der Waals surface area contributed by atoms with E-state index in [1.54, 1.807) is 13.8 Å².